The number of carbonyl (C=O) groups excluding carboxylic acids is 2. The van der Waals surface area contributed by atoms with Gasteiger partial charge in [-0.05, 0) is 54.7 Å². The lowest BCUT2D eigenvalue weighted by Crippen LogP contribution is -2.34. The van der Waals surface area contributed by atoms with E-state index in [2.05, 4.69) is 16.0 Å². The number of ether oxygens (including phenoxy) is 2. The van der Waals surface area contributed by atoms with Gasteiger partial charge in [-0.2, -0.15) is 0 Å². The summed E-state index contributed by atoms with van der Waals surface area (Å²) in [7, 11) is 2.99. The molecule has 0 saturated heterocycles. The van der Waals surface area contributed by atoms with Crippen LogP contribution in [-0.2, 0) is 0 Å². The zero-order chi connectivity index (χ0) is 22.4. The lowest BCUT2D eigenvalue weighted by Gasteiger charge is -2.13. The summed E-state index contributed by atoms with van der Waals surface area (Å²) < 4.78 is 15.4. The van der Waals surface area contributed by atoms with Crippen molar-refractivity contribution >= 4 is 52.1 Å². The summed E-state index contributed by atoms with van der Waals surface area (Å²) in [5, 5.41) is 8.44. The van der Waals surface area contributed by atoms with Crippen molar-refractivity contribution in [1.82, 2.24) is 5.32 Å². The number of thiocarbonyl (C=S) groups is 1. The molecule has 3 N–H and O–H groups in total. The third-order valence-corrected chi connectivity index (χ3v) is 4.58. The van der Waals surface area contributed by atoms with Crippen molar-refractivity contribution in [2.75, 3.05) is 24.9 Å². The lowest BCUT2D eigenvalue weighted by molar-refractivity contribution is 0.0974. The Morgan fingerprint density at radius 3 is 2.26 bits per heavy atom. The summed E-state index contributed by atoms with van der Waals surface area (Å²) in [5.41, 5.74) is 1.23. The highest BCUT2D eigenvalue weighted by atomic mass is 35.5. The highest BCUT2D eigenvalue weighted by Crippen LogP contribution is 2.26. The molecule has 0 saturated carbocycles. The van der Waals surface area contributed by atoms with Crippen LogP contribution in [0.2, 0.25) is 5.02 Å². The van der Waals surface area contributed by atoms with Gasteiger partial charge in [-0.15, -0.1) is 0 Å². The number of nitrogens with one attached hydrogen (secondary N) is 3. The fraction of sp³-hybridized carbons (Fsp3) is 0.0952. The first-order valence-electron chi connectivity index (χ1n) is 8.89. The summed E-state index contributed by atoms with van der Waals surface area (Å²) >= 11 is 11.4. The smallest absolute Gasteiger partial charge is 0.291 e. The van der Waals surface area contributed by atoms with E-state index in [0.717, 1.165) is 0 Å². The van der Waals surface area contributed by atoms with E-state index in [4.69, 9.17) is 37.7 Å². The van der Waals surface area contributed by atoms with Crippen LogP contribution < -0.4 is 25.4 Å². The van der Waals surface area contributed by atoms with Crippen LogP contribution in [0.5, 0.6) is 11.5 Å². The van der Waals surface area contributed by atoms with Crippen molar-refractivity contribution in [2.24, 2.45) is 0 Å². The first-order chi connectivity index (χ1) is 14.9. The van der Waals surface area contributed by atoms with Crippen LogP contribution in [0.4, 0.5) is 11.4 Å². The Kier molecular flexibility index (Phi) is 7.11. The monoisotopic (exact) mass is 459 g/mol. The molecule has 0 unspecified atom stereocenters. The van der Waals surface area contributed by atoms with Gasteiger partial charge in [0.1, 0.15) is 11.5 Å². The van der Waals surface area contributed by atoms with Gasteiger partial charge >= 0.3 is 0 Å². The number of amides is 2. The fourth-order valence-electron chi connectivity index (χ4n) is 2.56. The predicted molar refractivity (Wildman–Crippen MR) is 121 cm³/mol. The first-order valence-corrected chi connectivity index (χ1v) is 9.68. The zero-order valence-corrected chi connectivity index (χ0v) is 18.1. The number of benzene rings is 2. The number of carbonyl (C=O) groups is 2. The second-order valence-corrected chi connectivity index (χ2v) is 6.95. The van der Waals surface area contributed by atoms with Gasteiger partial charge in [0.2, 0.25) is 0 Å². The Morgan fingerprint density at radius 2 is 1.68 bits per heavy atom. The molecule has 3 aromatic rings. The third-order valence-electron chi connectivity index (χ3n) is 4.06. The van der Waals surface area contributed by atoms with Gasteiger partial charge in [0.25, 0.3) is 11.8 Å². The molecule has 0 aliphatic rings. The van der Waals surface area contributed by atoms with E-state index in [-0.39, 0.29) is 15.9 Å². The second-order valence-electron chi connectivity index (χ2n) is 6.14. The van der Waals surface area contributed by atoms with Crippen LogP contribution in [0.3, 0.4) is 0 Å². The van der Waals surface area contributed by atoms with E-state index in [1.165, 1.54) is 26.5 Å². The van der Waals surface area contributed by atoms with Crippen molar-refractivity contribution < 1.29 is 23.5 Å². The molecular formula is C21H18ClN3O5S. The topological polar surface area (TPSA) is 102 Å². The molecule has 0 atom stereocenters. The van der Waals surface area contributed by atoms with E-state index in [1.54, 1.807) is 42.5 Å². The molecule has 10 heteroatoms. The minimum Gasteiger partial charge on any atom is -0.497 e. The summed E-state index contributed by atoms with van der Waals surface area (Å²) in [6.45, 7) is 0. The quantitative estimate of drug-likeness (QED) is 0.471. The van der Waals surface area contributed by atoms with E-state index < -0.39 is 11.8 Å². The fourth-order valence-corrected chi connectivity index (χ4v) is 3.00. The average molecular weight is 460 g/mol. The Morgan fingerprint density at radius 1 is 0.968 bits per heavy atom. The van der Waals surface area contributed by atoms with Gasteiger partial charge in [-0.3, -0.25) is 14.9 Å². The molecule has 1 aromatic heterocycles. The summed E-state index contributed by atoms with van der Waals surface area (Å²) in [6, 6.07) is 12.7. The minimum absolute atomic E-state index is 0.0650. The molecule has 3 rings (SSSR count). The largest absolute Gasteiger partial charge is 0.497 e. The molecule has 2 aromatic carbocycles. The van der Waals surface area contributed by atoms with E-state index >= 15 is 0 Å². The summed E-state index contributed by atoms with van der Waals surface area (Å²) in [6.07, 6.45) is 1.40. The molecule has 0 spiro atoms. The molecule has 31 heavy (non-hydrogen) atoms. The van der Waals surface area contributed by atoms with Gasteiger partial charge in [0.15, 0.2) is 10.9 Å². The van der Waals surface area contributed by atoms with Crippen molar-refractivity contribution in [3.63, 3.8) is 0 Å². The van der Waals surface area contributed by atoms with Crippen molar-refractivity contribution in [3.8, 4) is 11.5 Å². The maximum atomic E-state index is 12.5. The Labute approximate surface area is 188 Å². The van der Waals surface area contributed by atoms with E-state index in [0.29, 0.717) is 28.4 Å². The second kappa shape index (κ2) is 9.96. The summed E-state index contributed by atoms with van der Waals surface area (Å²) in [4.78, 5) is 24.6. The Bertz CT molecular complexity index is 1100. The van der Waals surface area contributed by atoms with Gasteiger partial charge in [-0.1, -0.05) is 11.6 Å². The van der Waals surface area contributed by atoms with Crippen molar-refractivity contribution in [3.05, 3.63) is 71.1 Å². The van der Waals surface area contributed by atoms with Crippen LogP contribution >= 0.6 is 23.8 Å². The first kappa shape index (κ1) is 22.1. The molecule has 0 radical (unpaired) electrons. The van der Waals surface area contributed by atoms with Gasteiger partial charge < -0.3 is 24.5 Å². The Hall–Kier alpha value is -3.56. The van der Waals surface area contributed by atoms with E-state index in [1.807, 2.05) is 0 Å². The number of hydrogen-bond acceptors (Lipinski definition) is 6. The molecular weight excluding hydrogens is 442 g/mol. The predicted octanol–water partition coefficient (Wildman–Crippen LogP) is 4.33. The molecule has 0 aliphatic heterocycles. The lowest BCUT2D eigenvalue weighted by atomic mass is 10.2. The number of furan rings is 1. The number of methoxy groups -OCH3 is 2. The maximum absolute atomic E-state index is 12.5. The van der Waals surface area contributed by atoms with Crippen LogP contribution in [0, 0.1) is 0 Å². The molecule has 1 heterocycles. The number of halogens is 1. The highest BCUT2D eigenvalue weighted by Gasteiger charge is 2.14. The molecule has 160 valence electrons. The number of anilines is 2. The zero-order valence-electron chi connectivity index (χ0n) is 16.5. The third kappa shape index (κ3) is 5.74. The highest BCUT2D eigenvalue weighted by molar-refractivity contribution is 7.80. The van der Waals surface area contributed by atoms with Crippen LogP contribution in [0.25, 0.3) is 0 Å². The minimum atomic E-state index is -0.442. The molecule has 0 fully saturated rings. The van der Waals surface area contributed by atoms with Crippen molar-refractivity contribution in [1.29, 1.82) is 0 Å². The van der Waals surface area contributed by atoms with Gasteiger partial charge in [-0.25, -0.2) is 0 Å². The molecule has 8 nitrogen and oxygen atoms in total. The number of rotatable bonds is 6. The normalized spacial score (nSPS) is 10.2. The SMILES string of the molecule is COc1cc(OC)cc(C(=O)NC(=S)Nc2ccc(NC(=O)c3ccco3)c(Cl)c2)c1. The Balaban J connectivity index is 1.63. The van der Waals surface area contributed by atoms with Gasteiger partial charge in [0, 0.05) is 17.3 Å². The van der Waals surface area contributed by atoms with E-state index in [9.17, 15) is 9.59 Å². The average Bonchev–Trinajstić information content (AvgIpc) is 3.30. The standard InChI is InChI=1S/C21H18ClN3O5S/c1-28-14-8-12(9-15(11-14)29-2)19(26)25-21(31)23-13-5-6-17(16(22)10-13)24-20(27)18-4-3-7-30-18/h3-11H,1-2H3,(H,24,27)(H2,23,25,26,31). The molecule has 0 bridgehead atoms. The van der Waals surface area contributed by atoms with Crippen LogP contribution in [-0.4, -0.2) is 31.1 Å². The van der Waals surface area contributed by atoms with Crippen LogP contribution in [0.1, 0.15) is 20.9 Å². The molecule has 0 aliphatic carbocycles. The van der Waals surface area contributed by atoms with Crippen molar-refractivity contribution in [2.45, 2.75) is 0 Å². The van der Waals surface area contributed by atoms with Crippen LogP contribution in [0.15, 0.2) is 59.2 Å². The summed E-state index contributed by atoms with van der Waals surface area (Å²) in [5.74, 6) is 0.244. The number of hydrogen-bond donors (Lipinski definition) is 3. The molecule has 2 amide bonds. The van der Waals surface area contributed by atoms with Gasteiger partial charge in [0.05, 0.1) is 31.2 Å². The maximum Gasteiger partial charge on any atom is 0.291 e.